The predicted molar refractivity (Wildman–Crippen MR) is 30.4 cm³/mol. The molecule has 0 radical (unpaired) electrons. The fourth-order valence-electron chi connectivity index (χ4n) is 0.435. The standard InChI is InChI=1S/C5H4N2O2/c8-5-3-1-2-4-6-7(5)9/h1-4H/p+1. The molecule has 1 aromatic heterocycles. The van der Waals surface area contributed by atoms with Crippen LogP contribution in [0, 0.1) is 4.91 Å². The van der Waals surface area contributed by atoms with Crippen molar-refractivity contribution in [3.8, 4) is 0 Å². The molecule has 1 rings (SSSR count). The molecule has 0 amide bonds. The molecule has 0 atom stereocenters. The predicted octanol–water partition coefficient (Wildman–Crippen LogP) is -0.711. The van der Waals surface area contributed by atoms with E-state index in [2.05, 4.69) is 5.10 Å². The lowest BCUT2D eigenvalue weighted by atomic mass is 10.6. The van der Waals surface area contributed by atoms with Crippen molar-refractivity contribution in [2.75, 3.05) is 0 Å². The second-order valence-corrected chi connectivity index (χ2v) is 1.48. The van der Waals surface area contributed by atoms with Crippen LogP contribution < -0.4 is 10.1 Å². The summed E-state index contributed by atoms with van der Waals surface area (Å²) in [6.45, 7) is 0. The highest BCUT2D eigenvalue weighted by Crippen LogP contribution is 1.63. The molecule has 0 saturated heterocycles. The molecule has 0 spiro atoms. The Hall–Kier alpha value is -1.45. The van der Waals surface area contributed by atoms with Crippen LogP contribution in [0.1, 0.15) is 0 Å². The summed E-state index contributed by atoms with van der Waals surface area (Å²) in [6, 6.07) is 4.24. The van der Waals surface area contributed by atoms with Crippen LogP contribution in [0.3, 0.4) is 0 Å². The van der Waals surface area contributed by atoms with E-state index in [1.54, 1.807) is 6.07 Å². The maximum Gasteiger partial charge on any atom is 0.490 e. The number of aromatic nitrogens is 2. The second-order valence-electron chi connectivity index (χ2n) is 1.48. The van der Waals surface area contributed by atoms with Crippen LogP contribution in [0.4, 0.5) is 0 Å². The van der Waals surface area contributed by atoms with Crippen LogP contribution in [-0.2, 0) is 0 Å². The third-order valence-electron chi connectivity index (χ3n) is 0.838. The third-order valence-corrected chi connectivity index (χ3v) is 0.838. The molecular formula is C5H5N2O2+. The minimum atomic E-state index is -0.597. The van der Waals surface area contributed by atoms with E-state index in [1.165, 1.54) is 18.3 Å². The lowest BCUT2D eigenvalue weighted by Crippen LogP contribution is -2.35. The number of aromatic amines is 1. The fraction of sp³-hybridized carbons (Fsp3) is 0. The summed E-state index contributed by atoms with van der Waals surface area (Å²) < 4.78 is 0.153. The van der Waals surface area contributed by atoms with Gasteiger partial charge in [0.05, 0.1) is 17.2 Å². The molecule has 4 heteroatoms. The zero-order valence-corrected chi connectivity index (χ0v) is 4.57. The number of nitrogens with one attached hydrogen (secondary N) is 1. The van der Waals surface area contributed by atoms with Gasteiger partial charge in [0.1, 0.15) is 0 Å². The molecule has 4 nitrogen and oxygen atoms in total. The van der Waals surface area contributed by atoms with Gasteiger partial charge in [-0.25, -0.2) is 4.79 Å². The molecule has 0 fully saturated rings. The Morgan fingerprint density at radius 1 is 1.44 bits per heavy atom. The summed E-state index contributed by atoms with van der Waals surface area (Å²) >= 11 is 0. The van der Waals surface area contributed by atoms with Gasteiger partial charge >= 0.3 is 5.56 Å². The molecule has 0 aliphatic carbocycles. The van der Waals surface area contributed by atoms with Gasteiger partial charge in [0.2, 0.25) is 4.54 Å². The minimum Gasteiger partial charge on any atom is -0.207 e. The van der Waals surface area contributed by atoms with Crippen LogP contribution in [-0.4, -0.2) is 5.10 Å². The SMILES string of the molecule is O=c1cccc[nH][n+]1=O. The van der Waals surface area contributed by atoms with E-state index < -0.39 is 5.56 Å². The van der Waals surface area contributed by atoms with Gasteiger partial charge in [-0.2, -0.15) is 0 Å². The molecule has 1 aromatic rings. The number of hydrogen-bond donors (Lipinski definition) is 1. The Balaban J connectivity index is 3.62. The number of nitrogens with zero attached hydrogens (tertiary/aromatic N) is 1. The molecule has 0 aliphatic heterocycles. The van der Waals surface area contributed by atoms with E-state index in [1.807, 2.05) is 0 Å². The first-order valence-corrected chi connectivity index (χ1v) is 2.41. The van der Waals surface area contributed by atoms with Crippen molar-refractivity contribution in [3.05, 3.63) is 39.7 Å². The molecule has 0 bridgehead atoms. The Kier molecular flexibility index (Phi) is 1.40. The average molecular weight is 125 g/mol. The van der Waals surface area contributed by atoms with Crippen LogP contribution in [0.5, 0.6) is 0 Å². The first-order chi connectivity index (χ1) is 4.30. The highest BCUT2D eigenvalue weighted by molar-refractivity contribution is 4.83. The summed E-state index contributed by atoms with van der Waals surface area (Å²) in [4.78, 5) is 20.8. The zero-order valence-electron chi connectivity index (χ0n) is 4.57. The van der Waals surface area contributed by atoms with Crippen molar-refractivity contribution < 1.29 is 4.54 Å². The molecule has 9 heavy (non-hydrogen) atoms. The lowest BCUT2D eigenvalue weighted by molar-refractivity contribution is -0.578. The molecule has 0 saturated carbocycles. The third kappa shape index (κ3) is 1.22. The van der Waals surface area contributed by atoms with Crippen LogP contribution in [0.15, 0.2) is 29.2 Å². The quantitative estimate of drug-likeness (QED) is 0.465. The smallest absolute Gasteiger partial charge is 0.207 e. The van der Waals surface area contributed by atoms with Crippen molar-refractivity contribution in [2.24, 2.45) is 0 Å². The van der Waals surface area contributed by atoms with Gasteiger partial charge in [0, 0.05) is 0 Å². The monoisotopic (exact) mass is 125 g/mol. The van der Waals surface area contributed by atoms with E-state index in [9.17, 15) is 9.70 Å². The van der Waals surface area contributed by atoms with Gasteiger partial charge in [-0.3, -0.25) is 0 Å². The molecule has 0 unspecified atom stereocenters. The molecular weight excluding hydrogens is 120 g/mol. The number of hydrogen-bond acceptors (Lipinski definition) is 2. The Morgan fingerprint density at radius 2 is 2.22 bits per heavy atom. The highest BCUT2D eigenvalue weighted by Gasteiger charge is 1.91. The van der Waals surface area contributed by atoms with E-state index in [0.29, 0.717) is 0 Å². The number of rotatable bonds is 0. The first-order valence-electron chi connectivity index (χ1n) is 2.41. The summed E-state index contributed by atoms with van der Waals surface area (Å²) in [5, 5.41) is 2.18. The van der Waals surface area contributed by atoms with Gasteiger partial charge in [-0.05, 0) is 12.1 Å². The van der Waals surface area contributed by atoms with Crippen molar-refractivity contribution in [1.82, 2.24) is 5.10 Å². The van der Waals surface area contributed by atoms with E-state index in [4.69, 9.17) is 0 Å². The Bertz CT molecular complexity index is 274. The van der Waals surface area contributed by atoms with E-state index in [0.717, 1.165) is 0 Å². The van der Waals surface area contributed by atoms with Crippen LogP contribution in [0.2, 0.25) is 0 Å². The van der Waals surface area contributed by atoms with Crippen molar-refractivity contribution in [3.63, 3.8) is 0 Å². The number of H-pyrrole nitrogens is 1. The van der Waals surface area contributed by atoms with E-state index in [-0.39, 0.29) is 4.54 Å². The van der Waals surface area contributed by atoms with E-state index >= 15 is 0 Å². The van der Waals surface area contributed by atoms with Gasteiger partial charge < -0.3 is 0 Å². The van der Waals surface area contributed by atoms with Gasteiger partial charge in [-0.1, -0.05) is 0 Å². The molecule has 0 aromatic carbocycles. The molecule has 1 N–H and O–H groups in total. The summed E-state index contributed by atoms with van der Waals surface area (Å²) in [5.74, 6) is 0. The van der Waals surface area contributed by atoms with Crippen LogP contribution in [0.25, 0.3) is 0 Å². The zero-order chi connectivity index (χ0) is 6.69. The van der Waals surface area contributed by atoms with Crippen molar-refractivity contribution in [2.45, 2.75) is 0 Å². The molecule has 46 valence electrons. The topological polar surface area (TPSA) is 55.8 Å². The first kappa shape index (κ1) is 5.68. The maximum absolute atomic E-state index is 10.4. The lowest BCUT2D eigenvalue weighted by Gasteiger charge is -1.51. The normalized spacial score (nSPS) is 8.89. The second kappa shape index (κ2) is 2.21. The van der Waals surface area contributed by atoms with Gasteiger partial charge in [0.15, 0.2) is 0 Å². The Morgan fingerprint density at radius 3 is 3.00 bits per heavy atom. The van der Waals surface area contributed by atoms with Gasteiger partial charge in [0.25, 0.3) is 0 Å². The largest absolute Gasteiger partial charge is 0.490 e. The summed E-state index contributed by atoms with van der Waals surface area (Å²) in [5.41, 5.74) is -0.597. The van der Waals surface area contributed by atoms with Crippen molar-refractivity contribution >= 4 is 0 Å². The minimum absolute atomic E-state index is 0.153. The summed E-state index contributed by atoms with van der Waals surface area (Å²) in [7, 11) is 0. The molecule has 0 aliphatic rings. The maximum atomic E-state index is 10.4. The van der Waals surface area contributed by atoms with Gasteiger partial charge in [-0.15, -0.1) is 5.10 Å². The fourth-order valence-corrected chi connectivity index (χ4v) is 0.435. The summed E-state index contributed by atoms with van der Waals surface area (Å²) in [6.07, 6.45) is 1.38. The van der Waals surface area contributed by atoms with Crippen LogP contribution >= 0.6 is 0 Å². The van der Waals surface area contributed by atoms with Crippen molar-refractivity contribution in [1.29, 1.82) is 0 Å². The highest BCUT2D eigenvalue weighted by atomic mass is 16.3. The Labute approximate surface area is 50.4 Å². The molecule has 1 heterocycles. The average Bonchev–Trinajstić information content (AvgIpc) is 1.99.